The summed E-state index contributed by atoms with van der Waals surface area (Å²) in [6.45, 7) is 11.6. The lowest BCUT2D eigenvalue weighted by atomic mass is 10.0. The Morgan fingerprint density at radius 1 is 1.39 bits per heavy atom. The van der Waals surface area contributed by atoms with Gasteiger partial charge in [0.25, 0.3) is 0 Å². The first-order valence-corrected chi connectivity index (χ1v) is 7.79. The zero-order valence-electron chi connectivity index (χ0n) is 15.4. The van der Waals surface area contributed by atoms with E-state index >= 15 is 0 Å². The number of carbonyl (C=O) groups is 1. The van der Waals surface area contributed by atoms with Crippen LogP contribution >= 0.6 is 0 Å². The Morgan fingerprint density at radius 2 is 1.96 bits per heavy atom. The molecule has 3 N–H and O–H groups in total. The van der Waals surface area contributed by atoms with Gasteiger partial charge in [-0.1, -0.05) is 29.8 Å². The van der Waals surface area contributed by atoms with E-state index in [1.54, 1.807) is 6.92 Å². The molecule has 0 aliphatic carbocycles. The maximum absolute atomic E-state index is 11.9. The van der Waals surface area contributed by atoms with E-state index < -0.39 is 5.60 Å². The van der Waals surface area contributed by atoms with Crippen molar-refractivity contribution in [3.8, 4) is 0 Å². The van der Waals surface area contributed by atoms with Crippen molar-refractivity contribution in [2.24, 2.45) is 10.9 Å². The summed E-state index contributed by atoms with van der Waals surface area (Å²) in [5.41, 5.74) is 6.88. The molecule has 1 atom stereocenters. The average Bonchev–Trinajstić information content (AvgIpc) is 2.44. The van der Waals surface area contributed by atoms with E-state index in [1.807, 2.05) is 51.8 Å². The van der Waals surface area contributed by atoms with Crippen molar-refractivity contribution < 1.29 is 14.7 Å². The summed E-state index contributed by atoms with van der Waals surface area (Å²) in [6, 6.07) is 0.0730. The highest BCUT2D eigenvalue weighted by Crippen LogP contribution is 2.15. The molecule has 0 aromatic heterocycles. The summed E-state index contributed by atoms with van der Waals surface area (Å²) in [6.07, 6.45) is 4.59. The van der Waals surface area contributed by atoms with E-state index in [1.165, 1.54) is 0 Å². The summed E-state index contributed by atoms with van der Waals surface area (Å²) in [5.74, 6) is -0.155. The largest absolute Gasteiger partial charge is 0.459 e. The minimum atomic E-state index is -0.481. The molecule has 0 radical (unpaired) electrons. The second kappa shape index (κ2) is 9.35. The van der Waals surface area contributed by atoms with Gasteiger partial charge < -0.3 is 15.7 Å². The number of allylic oxidation sites excluding steroid dienone is 2. The molecular weight excluding hydrogens is 294 g/mol. The number of hydrogen-bond donors (Lipinski definition) is 2. The van der Waals surface area contributed by atoms with E-state index in [0.29, 0.717) is 5.57 Å². The average molecular weight is 325 g/mol. The molecule has 0 saturated heterocycles. The Kier molecular flexibility index (Phi) is 8.61. The Bertz CT molecular complexity index is 488. The molecule has 0 amide bonds. The van der Waals surface area contributed by atoms with Crippen molar-refractivity contribution in [2.45, 2.75) is 59.6 Å². The van der Waals surface area contributed by atoms with Crippen LogP contribution < -0.4 is 5.73 Å². The van der Waals surface area contributed by atoms with Gasteiger partial charge in [0.1, 0.15) is 5.60 Å². The highest BCUT2D eigenvalue weighted by Gasteiger charge is 2.20. The highest BCUT2D eigenvalue weighted by molar-refractivity contribution is 5.96. The van der Waals surface area contributed by atoms with Crippen molar-refractivity contribution in [1.82, 2.24) is 4.90 Å². The SMILES string of the molecule is CCC(=C/C=C(\C)C(N)=NO)C(C)N(C)CC(=O)OC(C)(C)C. The second-order valence-corrected chi connectivity index (χ2v) is 6.61. The number of hydrogen-bond acceptors (Lipinski definition) is 5. The van der Waals surface area contributed by atoms with Gasteiger partial charge in [-0.05, 0) is 53.7 Å². The number of oxime groups is 1. The third-order valence-corrected chi connectivity index (χ3v) is 3.46. The maximum Gasteiger partial charge on any atom is 0.320 e. The molecule has 0 rings (SSSR count). The lowest BCUT2D eigenvalue weighted by Gasteiger charge is -2.27. The van der Waals surface area contributed by atoms with Gasteiger partial charge in [0.15, 0.2) is 5.84 Å². The molecule has 1 unspecified atom stereocenters. The lowest BCUT2D eigenvalue weighted by Crippen LogP contribution is -2.38. The van der Waals surface area contributed by atoms with Gasteiger partial charge in [-0.3, -0.25) is 9.69 Å². The first-order valence-electron chi connectivity index (χ1n) is 7.79. The summed E-state index contributed by atoms with van der Waals surface area (Å²) >= 11 is 0. The predicted octanol–water partition coefficient (Wildman–Crippen LogP) is 2.68. The number of amidine groups is 1. The normalized spacial score (nSPS) is 15.7. The number of esters is 1. The fourth-order valence-electron chi connectivity index (χ4n) is 1.95. The number of likely N-dealkylation sites (N-methyl/N-ethyl adjacent to an activating group) is 1. The zero-order valence-corrected chi connectivity index (χ0v) is 15.4. The molecule has 0 spiro atoms. The lowest BCUT2D eigenvalue weighted by molar-refractivity contribution is -0.156. The molecule has 0 aromatic rings. The Hall–Kier alpha value is -1.82. The molecule has 0 aromatic carbocycles. The molecule has 0 aliphatic rings. The van der Waals surface area contributed by atoms with Crippen molar-refractivity contribution in [3.63, 3.8) is 0 Å². The van der Waals surface area contributed by atoms with Gasteiger partial charge in [0.2, 0.25) is 0 Å². The van der Waals surface area contributed by atoms with Gasteiger partial charge >= 0.3 is 5.97 Å². The molecule has 0 saturated carbocycles. The van der Waals surface area contributed by atoms with Gasteiger partial charge in [-0.15, -0.1) is 0 Å². The summed E-state index contributed by atoms with van der Waals surface area (Å²) < 4.78 is 5.34. The van der Waals surface area contributed by atoms with Crippen LogP contribution in [0.15, 0.2) is 28.5 Å². The predicted molar refractivity (Wildman–Crippen MR) is 93.5 cm³/mol. The Labute approximate surface area is 139 Å². The number of nitrogens with zero attached hydrogens (tertiary/aromatic N) is 2. The smallest absolute Gasteiger partial charge is 0.320 e. The van der Waals surface area contributed by atoms with Crippen LogP contribution in [-0.2, 0) is 9.53 Å². The quantitative estimate of drug-likeness (QED) is 0.188. The van der Waals surface area contributed by atoms with E-state index in [9.17, 15) is 4.79 Å². The van der Waals surface area contributed by atoms with Crippen molar-refractivity contribution in [1.29, 1.82) is 0 Å². The zero-order chi connectivity index (χ0) is 18.2. The number of carbonyl (C=O) groups excluding carboxylic acids is 1. The molecule has 23 heavy (non-hydrogen) atoms. The Morgan fingerprint density at radius 3 is 2.39 bits per heavy atom. The summed E-state index contributed by atoms with van der Waals surface area (Å²) in [5, 5.41) is 11.6. The monoisotopic (exact) mass is 325 g/mol. The Balaban J connectivity index is 4.95. The summed E-state index contributed by atoms with van der Waals surface area (Å²) in [7, 11) is 1.89. The van der Waals surface area contributed by atoms with Crippen LogP contribution in [0.3, 0.4) is 0 Å². The van der Waals surface area contributed by atoms with E-state index in [2.05, 4.69) is 12.1 Å². The van der Waals surface area contributed by atoms with E-state index in [0.717, 1.165) is 12.0 Å². The number of ether oxygens (including phenoxy) is 1. The van der Waals surface area contributed by atoms with Gasteiger partial charge in [0.05, 0.1) is 6.54 Å². The molecule has 132 valence electrons. The molecule has 0 bridgehead atoms. The first kappa shape index (κ1) is 21.2. The standard InChI is InChI=1S/C17H31N3O3/c1-8-14(10-9-12(2)16(18)19-22)13(3)20(7)11-15(21)23-17(4,5)6/h9-10,13,22H,8,11H2,1-7H3,(H2,18,19)/b12-9+,14-10?. The highest BCUT2D eigenvalue weighted by atomic mass is 16.6. The van der Waals surface area contributed by atoms with Gasteiger partial charge in [0, 0.05) is 6.04 Å². The topological polar surface area (TPSA) is 88.2 Å². The molecule has 0 heterocycles. The molecule has 0 aliphatic heterocycles. The van der Waals surface area contributed by atoms with Gasteiger partial charge in [-0.2, -0.15) is 0 Å². The molecule has 6 nitrogen and oxygen atoms in total. The molecule has 0 fully saturated rings. The van der Waals surface area contributed by atoms with Crippen LogP contribution in [0, 0.1) is 0 Å². The van der Waals surface area contributed by atoms with Crippen LogP contribution in [-0.4, -0.2) is 47.1 Å². The van der Waals surface area contributed by atoms with Crippen LogP contribution in [0.2, 0.25) is 0 Å². The number of rotatable bonds is 7. The van der Waals surface area contributed by atoms with Crippen LogP contribution in [0.5, 0.6) is 0 Å². The second-order valence-electron chi connectivity index (χ2n) is 6.61. The minimum absolute atomic E-state index is 0.0730. The van der Waals surface area contributed by atoms with Crippen molar-refractivity contribution >= 4 is 11.8 Å². The van der Waals surface area contributed by atoms with E-state index in [-0.39, 0.29) is 24.4 Å². The van der Waals surface area contributed by atoms with Gasteiger partial charge in [-0.25, -0.2) is 0 Å². The van der Waals surface area contributed by atoms with Crippen LogP contribution in [0.25, 0.3) is 0 Å². The fraction of sp³-hybridized carbons (Fsp3) is 0.647. The molecular formula is C17H31N3O3. The molecule has 6 heteroatoms. The van der Waals surface area contributed by atoms with Crippen molar-refractivity contribution in [3.05, 3.63) is 23.3 Å². The third kappa shape index (κ3) is 8.40. The fourth-order valence-corrected chi connectivity index (χ4v) is 1.95. The maximum atomic E-state index is 11.9. The van der Waals surface area contributed by atoms with Crippen LogP contribution in [0.1, 0.15) is 48.0 Å². The van der Waals surface area contributed by atoms with E-state index in [4.69, 9.17) is 15.7 Å². The number of nitrogens with two attached hydrogens (primary N) is 1. The minimum Gasteiger partial charge on any atom is -0.459 e. The van der Waals surface area contributed by atoms with Crippen molar-refractivity contribution in [2.75, 3.05) is 13.6 Å². The van der Waals surface area contributed by atoms with Crippen LogP contribution in [0.4, 0.5) is 0 Å². The summed E-state index contributed by atoms with van der Waals surface area (Å²) in [4.78, 5) is 13.9. The third-order valence-electron chi connectivity index (χ3n) is 3.46. The first-order chi connectivity index (χ1) is 10.5.